The second-order valence-electron chi connectivity index (χ2n) is 5.78. The molecule has 1 heterocycles. The first-order valence-electron chi connectivity index (χ1n) is 8.00. The zero-order valence-corrected chi connectivity index (χ0v) is 16.9. The molecule has 26 heavy (non-hydrogen) atoms. The molecule has 1 aromatic heterocycles. The Morgan fingerprint density at radius 1 is 1.27 bits per heavy atom. The molecular weight excluding hydrogens is 374 g/mol. The molecule has 7 nitrogen and oxygen atoms in total. The quantitative estimate of drug-likeness (QED) is 0.635. The molecule has 2 aromatic rings. The molecule has 0 saturated heterocycles. The normalized spacial score (nSPS) is 11.4. The summed E-state index contributed by atoms with van der Waals surface area (Å²) in [4.78, 5) is 12.6. The molecule has 0 fully saturated rings. The maximum atomic E-state index is 12.6. The van der Waals surface area contributed by atoms with Gasteiger partial charge in [0.05, 0.1) is 30.0 Å². The van der Waals surface area contributed by atoms with Gasteiger partial charge >= 0.3 is 0 Å². The molecular formula is C17H23N3O4S2. The molecule has 0 saturated carbocycles. The number of aromatic nitrogens is 2. The lowest BCUT2D eigenvalue weighted by Gasteiger charge is -2.20. The van der Waals surface area contributed by atoms with Crippen molar-refractivity contribution in [2.45, 2.75) is 13.8 Å². The number of amides is 1. The number of hydrogen-bond donors (Lipinski definition) is 0. The summed E-state index contributed by atoms with van der Waals surface area (Å²) in [5.74, 6) is 0.887. The van der Waals surface area contributed by atoms with E-state index in [0.29, 0.717) is 29.4 Å². The van der Waals surface area contributed by atoms with E-state index < -0.39 is 15.9 Å². The lowest BCUT2D eigenvalue weighted by molar-refractivity contribution is -0.115. The molecule has 0 radical (unpaired) electrons. The lowest BCUT2D eigenvalue weighted by Crippen LogP contribution is -2.38. The molecule has 9 heteroatoms. The Morgan fingerprint density at radius 3 is 2.46 bits per heavy atom. The Morgan fingerprint density at radius 2 is 1.92 bits per heavy atom. The minimum absolute atomic E-state index is 0.0407. The number of carbonyl (C=O) groups excluding carboxylic acids is 1. The van der Waals surface area contributed by atoms with Crippen LogP contribution in [0.15, 0.2) is 30.3 Å². The fraction of sp³-hybridized carbons (Fsp3) is 0.412. The van der Waals surface area contributed by atoms with E-state index in [1.165, 1.54) is 11.8 Å². The fourth-order valence-electron chi connectivity index (χ4n) is 2.49. The third kappa shape index (κ3) is 5.01. The van der Waals surface area contributed by atoms with Crippen LogP contribution in [0.25, 0.3) is 0 Å². The smallest absolute Gasteiger partial charge is 0.250 e. The second kappa shape index (κ2) is 8.59. The number of anilines is 1. The van der Waals surface area contributed by atoms with E-state index >= 15 is 0 Å². The minimum Gasteiger partial charge on any atom is -0.493 e. The summed E-state index contributed by atoms with van der Waals surface area (Å²) in [5.41, 5.74) is 1.46. The lowest BCUT2D eigenvalue weighted by atomic mass is 10.3. The predicted molar refractivity (Wildman–Crippen MR) is 104 cm³/mol. The van der Waals surface area contributed by atoms with Crippen molar-refractivity contribution in [1.29, 1.82) is 0 Å². The number of carbonyl (C=O) groups is 1. The highest BCUT2D eigenvalue weighted by Crippen LogP contribution is 2.27. The van der Waals surface area contributed by atoms with E-state index in [1.54, 1.807) is 25.6 Å². The molecule has 0 atom stereocenters. The zero-order valence-electron chi connectivity index (χ0n) is 15.3. The number of sulfonamides is 1. The predicted octanol–water partition coefficient (Wildman–Crippen LogP) is 2.14. The summed E-state index contributed by atoms with van der Waals surface area (Å²) in [5, 5.41) is 4.20. The zero-order chi connectivity index (χ0) is 19.3. The minimum atomic E-state index is -3.75. The van der Waals surface area contributed by atoms with Gasteiger partial charge in [0.15, 0.2) is 0 Å². The number of aryl methyl sites for hydroxylation is 2. The van der Waals surface area contributed by atoms with E-state index in [4.69, 9.17) is 4.74 Å². The van der Waals surface area contributed by atoms with Crippen molar-refractivity contribution in [2.75, 3.05) is 28.7 Å². The highest BCUT2D eigenvalue weighted by atomic mass is 32.2. The topological polar surface area (TPSA) is 81.5 Å². The Balaban J connectivity index is 1.98. The summed E-state index contributed by atoms with van der Waals surface area (Å²) in [6.45, 7) is 3.86. The van der Waals surface area contributed by atoms with Crippen LogP contribution in [0, 0.1) is 13.8 Å². The van der Waals surface area contributed by atoms with Crippen LogP contribution in [0.4, 0.5) is 5.69 Å². The van der Waals surface area contributed by atoms with Gasteiger partial charge in [0.2, 0.25) is 10.0 Å². The van der Waals surface area contributed by atoms with Gasteiger partial charge < -0.3 is 4.74 Å². The average molecular weight is 398 g/mol. The first-order chi connectivity index (χ1) is 12.2. The second-order valence-corrected chi connectivity index (χ2v) is 8.71. The van der Waals surface area contributed by atoms with Crippen LogP contribution < -0.4 is 9.04 Å². The van der Waals surface area contributed by atoms with Crippen LogP contribution in [0.5, 0.6) is 5.75 Å². The van der Waals surface area contributed by atoms with Gasteiger partial charge in [-0.15, -0.1) is 11.8 Å². The Hall–Kier alpha value is -2.00. The van der Waals surface area contributed by atoms with Gasteiger partial charge in [0, 0.05) is 12.8 Å². The van der Waals surface area contributed by atoms with E-state index in [-0.39, 0.29) is 5.75 Å². The van der Waals surface area contributed by atoms with Gasteiger partial charge in [-0.2, -0.15) is 5.10 Å². The molecule has 1 aromatic carbocycles. The van der Waals surface area contributed by atoms with Crippen molar-refractivity contribution in [3.63, 3.8) is 0 Å². The number of para-hydroxylation sites is 1. The maximum Gasteiger partial charge on any atom is 0.250 e. The van der Waals surface area contributed by atoms with E-state index in [2.05, 4.69) is 5.10 Å². The Bertz CT molecular complexity index is 864. The van der Waals surface area contributed by atoms with Gasteiger partial charge in [-0.25, -0.2) is 12.7 Å². The number of benzene rings is 1. The molecule has 2 rings (SSSR count). The summed E-state index contributed by atoms with van der Waals surface area (Å²) in [7, 11) is -2.03. The van der Waals surface area contributed by atoms with Crippen molar-refractivity contribution in [1.82, 2.24) is 9.78 Å². The summed E-state index contributed by atoms with van der Waals surface area (Å²) in [6.07, 6.45) is 1.03. The van der Waals surface area contributed by atoms with Gasteiger partial charge in [-0.05, 0) is 26.0 Å². The van der Waals surface area contributed by atoms with Crippen LogP contribution in [-0.4, -0.2) is 48.5 Å². The molecule has 0 aliphatic rings. The first-order valence-corrected chi connectivity index (χ1v) is 11.0. The van der Waals surface area contributed by atoms with E-state index in [1.807, 2.05) is 30.3 Å². The van der Waals surface area contributed by atoms with Crippen LogP contribution in [-0.2, 0) is 21.9 Å². The summed E-state index contributed by atoms with van der Waals surface area (Å²) < 4.78 is 32.4. The van der Waals surface area contributed by atoms with E-state index in [0.717, 1.165) is 16.3 Å². The van der Waals surface area contributed by atoms with Crippen LogP contribution in [0.1, 0.15) is 11.4 Å². The first kappa shape index (κ1) is 20.3. The molecule has 0 bridgehead atoms. The van der Waals surface area contributed by atoms with Gasteiger partial charge in [-0.3, -0.25) is 9.48 Å². The number of rotatable bonds is 8. The molecule has 0 aliphatic heterocycles. The Kier molecular flexibility index (Phi) is 6.71. The average Bonchev–Trinajstić information content (AvgIpc) is 2.81. The van der Waals surface area contributed by atoms with Gasteiger partial charge in [0.25, 0.3) is 5.91 Å². The molecule has 142 valence electrons. The van der Waals surface area contributed by atoms with E-state index in [9.17, 15) is 13.2 Å². The molecule has 0 unspecified atom stereocenters. The summed E-state index contributed by atoms with van der Waals surface area (Å²) >= 11 is 1.33. The molecule has 0 aliphatic carbocycles. The summed E-state index contributed by atoms with van der Waals surface area (Å²) in [6, 6.07) is 9.38. The number of hydrogen-bond acceptors (Lipinski definition) is 6. The molecule has 1 amide bonds. The third-order valence-corrected chi connectivity index (χ3v) is 5.65. The number of thioether (sulfide) groups is 1. The van der Waals surface area contributed by atoms with Gasteiger partial charge in [-0.1, -0.05) is 18.2 Å². The standard InChI is InChI=1S/C17H23N3O4S2/c1-13-17(14(2)19(3)18-13)20(26(4,22)23)16(21)12-25-11-10-24-15-8-6-5-7-9-15/h5-9H,10-12H2,1-4H3. The van der Waals surface area contributed by atoms with Crippen LogP contribution >= 0.6 is 11.8 Å². The third-order valence-electron chi connectivity index (χ3n) is 3.70. The molecule has 0 N–H and O–H groups in total. The highest BCUT2D eigenvalue weighted by Gasteiger charge is 2.30. The highest BCUT2D eigenvalue weighted by molar-refractivity contribution is 8.00. The van der Waals surface area contributed by atoms with Crippen molar-refractivity contribution < 1.29 is 17.9 Å². The van der Waals surface area contributed by atoms with Crippen LogP contribution in [0.2, 0.25) is 0 Å². The number of ether oxygens (including phenoxy) is 1. The maximum absolute atomic E-state index is 12.6. The van der Waals surface area contributed by atoms with Crippen molar-refractivity contribution >= 4 is 33.4 Å². The molecule has 0 spiro atoms. The monoisotopic (exact) mass is 397 g/mol. The van der Waals surface area contributed by atoms with Crippen molar-refractivity contribution in [3.05, 3.63) is 41.7 Å². The number of nitrogens with zero attached hydrogens (tertiary/aromatic N) is 3. The van der Waals surface area contributed by atoms with Crippen molar-refractivity contribution in [2.24, 2.45) is 7.05 Å². The Labute approximate surface area is 158 Å². The van der Waals surface area contributed by atoms with Gasteiger partial charge in [0.1, 0.15) is 11.4 Å². The van der Waals surface area contributed by atoms with Crippen LogP contribution in [0.3, 0.4) is 0 Å². The fourth-order valence-corrected chi connectivity index (χ4v) is 4.25. The van der Waals surface area contributed by atoms with Crippen molar-refractivity contribution in [3.8, 4) is 5.75 Å². The largest absolute Gasteiger partial charge is 0.493 e. The SMILES string of the molecule is Cc1nn(C)c(C)c1N(C(=O)CSCCOc1ccccc1)S(C)(=O)=O.